The van der Waals surface area contributed by atoms with Crippen molar-refractivity contribution in [1.29, 1.82) is 0 Å². The smallest absolute Gasteiger partial charge is 0.268 e. The van der Waals surface area contributed by atoms with Gasteiger partial charge in [0.25, 0.3) is 5.91 Å². The minimum absolute atomic E-state index is 0.381. The number of hydrogen-bond donors (Lipinski definition) is 3. The van der Waals surface area contributed by atoms with Crippen LogP contribution in [0.2, 0.25) is 0 Å². The number of rotatable bonds is 10. The molecule has 3 N–H and O–H groups in total. The molecule has 0 aliphatic carbocycles. The predicted octanol–water partition coefficient (Wildman–Crippen LogP) is 2.84. The van der Waals surface area contributed by atoms with Crippen LogP contribution in [-0.2, 0) is 4.79 Å². The fourth-order valence-electron chi connectivity index (χ4n) is 2.88. The third kappa shape index (κ3) is 6.27. The first-order chi connectivity index (χ1) is 14.9. The second-order valence-electron chi connectivity index (χ2n) is 7.47. The van der Waals surface area contributed by atoms with Crippen LogP contribution in [0.1, 0.15) is 20.3 Å². The molecule has 0 saturated heterocycles. The lowest BCUT2D eigenvalue weighted by Crippen LogP contribution is -2.51. The molecule has 9 nitrogen and oxygen atoms in total. The van der Waals surface area contributed by atoms with Crippen LogP contribution in [0.25, 0.3) is 11.3 Å². The fourth-order valence-corrected chi connectivity index (χ4v) is 2.88. The van der Waals surface area contributed by atoms with Gasteiger partial charge in [0, 0.05) is 29.6 Å². The van der Waals surface area contributed by atoms with Crippen molar-refractivity contribution < 1.29 is 23.8 Å². The summed E-state index contributed by atoms with van der Waals surface area (Å²) in [5.41, 5.74) is 0.618. The van der Waals surface area contributed by atoms with Crippen LogP contribution >= 0.6 is 0 Å². The van der Waals surface area contributed by atoms with Crippen molar-refractivity contribution >= 4 is 11.6 Å². The van der Waals surface area contributed by atoms with Gasteiger partial charge in [-0.25, -0.2) is 9.97 Å². The van der Waals surface area contributed by atoms with Gasteiger partial charge in [0.15, 0.2) is 18.4 Å². The number of hydrogen-bond acceptors (Lipinski definition) is 8. The van der Waals surface area contributed by atoms with E-state index >= 15 is 0 Å². The first kappa shape index (κ1) is 22.3. The molecule has 9 heteroatoms. The molecular weight excluding hydrogens is 400 g/mol. The van der Waals surface area contributed by atoms with Gasteiger partial charge in [-0.1, -0.05) is 6.07 Å². The summed E-state index contributed by atoms with van der Waals surface area (Å²) in [5.74, 6) is 0.989. The minimum atomic E-state index is -1.41. The molecule has 164 valence electrons. The number of methoxy groups -OCH3 is 1. The van der Waals surface area contributed by atoms with E-state index in [9.17, 15) is 9.90 Å². The monoisotopic (exact) mass is 426 g/mol. The molecule has 0 aliphatic rings. The quantitative estimate of drug-likeness (QED) is 0.424. The molecule has 0 spiro atoms. The van der Waals surface area contributed by atoms with Gasteiger partial charge in [0.2, 0.25) is 5.88 Å². The number of carbonyl (C=O) groups excluding carboxylic acids is 1. The number of anilines is 1. The molecule has 1 unspecified atom stereocenters. The maximum atomic E-state index is 12.5. The number of aliphatic hydroxyl groups excluding tert-OH is 1. The predicted molar refractivity (Wildman–Crippen MR) is 115 cm³/mol. The average Bonchev–Trinajstić information content (AvgIpc) is 3.28. The van der Waals surface area contributed by atoms with Crippen LogP contribution < -0.4 is 20.1 Å². The van der Waals surface area contributed by atoms with Crippen LogP contribution in [0.15, 0.2) is 59.6 Å². The number of aliphatic hydroxyl groups is 1. The summed E-state index contributed by atoms with van der Waals surface area (Å²) in [4.78, 5) is 20.5. The van der Waals surface area contributed by atoms with E-state index in [0.717, 1.165) is 0 Å². The average molecular weight is 426 g/mol. The SMILES string of the molecule is COc1cc(NC(=O)C(O)NC(C)(C)CCOc2ccccn2)ccc1-c1cnco1. The van der Waals surface area contributed by atoms with Crippen molar-refractivity contribution in [2.24, 2.45) is 0 Å². The molecule has 31 heavy (non-hydrogen) atoms. The first-order valence-corrected chi connectivity index (χ1v) is 9.75. The summed E-state index contributed by atoms with van der Waals surface area (Å²) in [7, 11) is 1.52. The number of nitrogens with zero attached hydrogens (tertiary/aromatic N) is 2. The molecule has 0 bridgehead atoms. The Morgan fingerprint density at radius 1 is 1.29 bits per heavy atom. The van der Waals surface area contributed by atoms with Gasteiger partial charge in [0.1, 0.15) is 5.75 Å². The summed E-state index contributed by atoms with van der Waals surface area (Å²) in [6, 6.07) is 10.5. The molecule has 3 rings (SSSR count). The zero-order valence-corrected chi connectivity index (χ0v) is 17.7. The second kappa shape index (κ2) is 10.1. The van der Waals surface area contributed by atoms with Gasteiger partial charge in [-0.3, -0.25) is 10.1 Å². The largest absolute Gasteiger partial charge is 0.496 e. The van der Waals surface area contributed by atoms with Crippen LogP contribution in [-0.4, -0.2) is 46.5 Å². The zero-order valence-electron chi connectivity index (χ0n) is 17.7. The van der Waals surface area contributed by atoms with Crippen molar-refractivity contribution in [2.45, 2.75) is 32.0 Å². The number of pyridine rings is 1. The number of benzene rings is 1. The molecule has 1 amide bonds. The minimum Gasteiger partial charge on any atom is -0.496 e. The van der Waals surface area contributed by atoms with Crippen LogP contribution in [0.3, 0.4) is 0 Å². The van der Waals surface area contributed by atoms with Crippen molar-refractivity contribution in [3.63, 3.8) is 0 Å². The Morgan fingerprint density at radius 2 is 2.13 bits per heavy atom. The maximum Gasteiger partial charge on any atom is 0.268 e. The van der Waals surface area contributed by atoms with E-state index in [1.807, 2.05) is 26.0 Å². The van der Waals surface area contributed by atoms with Crippen LogP contribution in [0, 0.1) is 0 Å². The summed E-state index contributed by atoms with van der Waals surface area (Å²) < 4.78 is 16.3. The Hall–Kier alpha value is -3.43. The van der Waals surface area contributed by atoms with Crippen molar-refractivity contribution in [2.75, 3.05) is 19.0 Å². The third-order valence-corrected chi connectivity index (χ3v) is 4.56. The van der Waals surface area contributed by atoms with E-state index in [1.54, 1.807) is 36.7 Å². The molecule has 0 radical (unpaired) electrons. The highest BCUT2D eigenvalue weighted by molar-refractivity contribution is 5.94. The number of nitrogens with one attached hydrogen (secondary N) is 2. The van der Waals surface area contributed by atoms with Crippen LogP contribution in [0.5, 0.6) is 11.6 Å². The molecule has 0 fully saturated rings. The van der Waals surface area contributed by atoms with Crippen molar-refractivity contribution in [3.8, 4) is 23.0 Å². The Bertz CT molecular complexity index is 977. The lowest BCUT2D eigenvalue weighted by Gasteiger charge is -2.29. The molecule has 1 atom stereocenters. The molecule has 1 aromatic carbocycles. The maximum absolute atomic E-state index is 12.5. The summed E-state index contributed by atoms with van der Waals surface area (Å²) >= 11 is 0. The highest BCUT2D eigenvalue weighted by Gasteiger charge is 2.25. The van der Waals surface area contributed by atoms with E-state index in [0.29, 0.717) is 41.7 Å². The highest BCUT2D eigenvalue weighted by Crippen LogP contribution is 2.32. The van der Waals surface area contributed by atoms with Gasteiger partial charge >= 0.3 is 0 Å². The molecule has 2 aromatic heterocycles. The van der Waals surface area contributed by atoms with Gasteiger partial charge in [-0.05, 0) is 38.5 Å². The molecule has 0 aliphatic heterocycles. The third-order valence-electron chi connectivity index (χ3n) is 4.56. The van der Waals surface area contributed by atoms with Gasteiger partial charge < -0.3 is 24.3 Å². The van der Waals surface area contributed by atoms with E-state index in [2.05, 4.69) is 20.6 Å². The van der Waals surface area contributed by atoms with Crippen molar-refractivity contribution in [3.05, 3.63) is 55.2 Å². The first-order valence-electron chi connectivity index (χ1n) is 9.75. The van der Waals surface area contributed by atoms with E-state index in [4.69, 9.17) is 13.9 Å². The summed E-state index contributed by atoms with van der Waals surface area (Å²) in [5, 5.41) is 15.9. The van der Waals surface area contributed by atoms with E-state index < -0.39 is 17.7 Å². The molecule has 3 aromatic rings. The number of aromatic nitrogens is 2. The van der Waals surface area contributed by atoms with Gasteiger partial charge in [0.05, 0.1) is 25.5 Å². The molecule has 0 saturated carbocycles. The highest BCUT2D eigenvalue weighted by atomic mass is 16.5. The van der Waals surface area contributed by atoms with Crippen LogP contribution in [0.4, 0.5) is 5.69 Å². The van der Waals surface area contributed by atoms with Gasteiger partial charge in [-0.2, -0.15) is 0 Å². The number of ether oxygens (including phenoxy) is 2. The standard InChI is InChI=1S/C22H26N4O5/c1-22(2,9-11-30-19-6-4-5-10-24-19)26-21(28)20(27)25-15-7-8-16(17(12-15)29-3)18-13-23-14-31-18/h4-8,10,12-14,21,26,28H,9,11H2,1-3H3,(H,25,27). The van der Waals surface area contributed by atoms with E-state index in [1.165, 1.54) is 13.5 Å². The topological polar surface area (TPSA) is 119 Å². The Kier molecular flexibility index (Phi) is 7.22. The van der Waals surface area contributed by atoms with E-state index in [-0.39, 0.29) is 0 Å². The fraction of sp³-hybridized carbons (Fsp3) is 0.318. The van der Waals surface area contributed by atoms with Gasteiger partial charge in [-0.15, -0.1) is 0 Å². The number of amides is 1. The Morgan fingerprint density at radius 3 is 2.81 bits per heavy atom. The summed E-state index contributed by atoms with van der Waals surface area (Å²) in [6.07, 6.45) is 3.69. The van der Waals surface area contributed by atoms with Crippen molar-refractivity contribution in [1.82, 2.24) is 15.3 Å². The molecular formula is C22H26N4O5. The lowest BCUT2D eigenvalue weighted by molar-refractivity contribution is -0.126. The second-order valence-corrected chi connectivity index (χ2v) is 7.47. The zero-order chi connectivity index (χ0) is 22.3. The number of oxazole rings is 1. The Labute approximate surface area is 180 Å². The number of carbonyl (C=O) groups is 1. The lowest BCUT2D eigenvalue weighted by atomic mass is 10.0. The summed E-state index contributed by atoms with van der Waals surface area (Å²) in [6.45, 7) is 4.13. The Balaban J connectivity index is 1.54. The molecule has 2 heterocycles. The normalized spacial score (nSPS) is 12.3.